The number of nitrogens with one attached hydrogen (secondary N) is 2. The number of H-pyrrole nitrogens is 1. The van der Waals surface area contributed by atoms with E-state index in [9.17, 15) is 9.18 Å². The lowest BCUT2D eigenvalue weighted by Crippen LogP contribution is -2.33. The van der Waals surface area contributed by atoms with Crippen molar-refractivity contribution < 1.29 is 9.18 Å². The number of halogens is 1. The Morgan fingerprint density at radius 1 is 1.12 bits per heavy atom. The van der Waals surface area contributed by atoms with Gasteiger partial charge in [-0.25, -0.2) is 4.39 Å². The Morgan fingerprint density at radius 2 is 1.85 bits per heavy atom. The molecule has 0 spiro atoms. The first-order valence-corrected chi connectivity index (χ1v) is 9.83. The summed E-state index contributed by atoms with van der Waals surface area (Å²) in [6, 6.07) is 14.9. The Hall–Kier alpha value is -2.27. The predicted octanol–water partition coefficient (Wildman–Crippen LogP) is 5.06. The number of carbonyl (C=O) groups is 1. The molecule has 2 aromatic carbocycles. The second-order valence-electron chi connectivity index (χ2n) is 6.74. The molecule has 3 nitrogen and oxygen atoms in total. The van der Waals surface area contributed by atoms with Gasteiger partial charge >= 0.3 is 0 Å². The van der Waals surface area contributed by atoms with Crippen LogP contribution in [0, 0.1) is 5.82 Å². The Labute approximate surface area is 156 Å². The Balaban J connectivity index is 1.63. The van der Waals surface area contributed by atoms with E-state index in [0.717, 1.165) is 34.3 Å². The molecular weight excluding hydrogens is 347 g/mol. The number of hydrogen-bond donors (Lipinski definition) is 2. The average Bonchev–Trinajstić information content (AvgIpc) is 3.26. The van der Waals surface area contributed by atoms with Gasteiger partial charge in [0.25, 0.3) is 0 Å². The minimum absolute atomic E-state index is 0.0389. The number of aromatic amines is 1. The molecule has 1 heterocycles. The maximum atomic E-state index is 14.1. The number of para-hydroxylation sites is 1. The first kappa shape index (κ1) is 17.2. The van der Waals surface area contributed by atoms with Crippen molar-refractivity contribution in [3.63, 3.8) is 0 Å². The van der Waals surface area contributed by atoms with Gasteiger partial charge in [0, 0.05) is 27.4 Å². The minimum atomic E-state index is -0.252. The minimum Gasteiger partial charge on any atom is -0.353 e. The summed E-state index contributed by atoms with van der Waals surface area (Å²) in [6.07, 6.45) is 4.81. The molecule has 1 aliphatic carbocycles. The highest BCUT2D eigenvalue weighted by Crippen LogP contribution is 2.35. The molecule has 1 amide bonds. The van der Waals surface area contributed by atoms with Gasteiger partial charge in [-0.15, -0.1) is 0 Å². The standard InChI is InChI=1S/C21H21FN2OS/c22-17-10-4-6-12-19(17)26-21-16(15-9-3-5-11-18(15)24-21)13-20(25)23-14-7-1-2-8-14/h3-6,9-12,14,24H,1-2,7-8,13H2,(H,23,25). The van der Waals surface area contributed by atoms with Crippen LogP contribution in [0.2, 0.25) is 0 Å². The fraction of sp³-hybridized carbons (Fsp3) is 0.286. The molecule has 0 atom stereocenters. The first-order valence-electron chi connectivity index (χ1n) is 9.02. The average molecular weight is 368 g/mol. The molecule has 0 aliphatic heterocycles. The SMILES string of the molecule is O=C(Cc1c(Sc2ccccc2F)[nH]c2ccccc12)NC1CCCC1. The van der Waals surface area contributed by atoms with Crippen molar-refractivity contribution in [3.05, 3.63) is 59.9 Å². The molecule has 26 heavy (non-hydrogen) atoms. The van der Waals surface area contributed by atoms with Gasteiger partial charge in [0.05, 0.1) is 11.4 Å². The summed E-state index contributed by atoms with van der Waals surface area (Å²) < 4.78 is 14.1. The third-order valence-corrected chi connectivity index (χ3v) is 5.98. The highest BCUT2D eigenvalue weighted by Gasteiger charge is 2.20. The van der Waals surface area contributed by atoms with Gasteiger partial charge in [0.15, 0.2) is 0 Å². The van der Waals surface area contributed by atoms with Crippen molar-refractivity contribution in [2.75, 3.05) is 0 Å². The number of hydrogen-bond acceptors (Lipinski definition) is 2. The molecule has 134 valence electrons. The van der Waals surface area contributed by atoms with Gasteiger partial charge in [-0.3, -0.25) is 4.79 Å². The van der Waals surface area contributed by atoms with Crippen LogP contribution >= 0.6 is 11.8 Å². The lowest BCUT2D eigenvalue weighted by atomic mass is 10.1. The summed E-state index contributed by atoms with van der Waals surface area (Å²) in [5, 5.41) is 5.00. The molecule has 4 rings (SSSR count). The van der Waals surface area contributed by atoms with E-state index in [1.807, 2.05) is 30.3 Å². The van der Waals surface area contributed by atoms with E-state index >= 15 is 0 Å². The van der Waals surface area contributed by atoms with E-state index in [2.05, 4.69) is 10.3 Å². The van der Waals surface area contributed by atoms with Crippen LogP contribution in [0.3, 0.4) is 0 Å². The molecule has 1 fully saturated rings. The molecule has 3 aromatic rings. The molecule has 0 saturated heterocycles. The summed E-state index contributed by atoms with van der Waals surface area (Å²) in [5.74, 6) is -0.213. The number of fused-ring (bicyclic) bond motifs is 1. The predicted molar refractivity (Wildman–Crippen MR) is 103 cm³/mol. The highest BCUT2D eigenvalue weighted by molar-refractivity contribution is 7.99. The second-order valence-corrected chi connectivity index (χ2v) is 7.79. The summed E-state index contributed by atoms with van der Waals surface area (Å²) in [7, 11) is 0. The van der Waals surface area contributed by atoms with Gasteiger partial charge in [0.1, 0.15) is 5.82 Å². The smallest absolute Gasteiger partial charge is 0.224 e. The van der Waals surface area contributed by atoms with E-state index in [1.54, 1.807) is 12.1 Å². The Bertz CT molecular complexity index is 931. The largest absolute Gasteiger partial charge is 0.353 e. The van der Waals surface area contributed by atoms with Crippen LogP contribution in [0.15, 0.2) is 58.5 Å². The van der Waals surface area contributed by atoms with E-state index in [-0.39, 0.29) is 11.7 Å². The number of rotatable bonds is 5. The monoisotopic (exact) mass is 368 g/mol. The summed E-state index contributed by atoms with van der Waals surface area (Å²) >= 11 is 1.34. The summed E-state index contributed by atoms with van der Waals surface area (Å²) in [4.78, 5) is 16.5. The second kappa shape index (κ2) is 7.54. The molecule has 1 saturated carbocycles. The van der Waals surface area contributed by atoms with Crippen molar-refractivity contribution in [2.24, 2.45) is 0 Å². The number of aromatic nitrogens is 1. The molecule has 2 N–H and O–H groups in total. The topological polar surface area (TPSA) is 44.9 Å². The van der Waals surface area contributed by atoms with E-state index in [4.69, 9.17) is 0 Å². The Morgan fingerprint density at radius 3 is 2.65 bits per heavy atom. The molecule has 0 bridgehead atoms. The molecule has 1 aromatic heterocycles. The van der Waals surface area contributed by atoms with E-state index in [0.29, 0.717) is 17.4 Å². The van der Waals surface area contributed by atoms with Crippen molar-refractivity contribution >= 4 is 28.6 Å². The number of carbonyl (C=O) groups excluding carboxylic acids is 1. The van der Waals surface area contributed by atoms with Crippen molar-refractivity contribution in [2.45, 2.75) is 48.1 Å². The van der Waals surface area contributed by atoms with Crippen molar-refractivity contribution in [1.29, 1.82) is 0 Å². The summed E-state index contributed by atoms with van der Waals surface area (Å²) in [6.45, 7) is 0. The molecule has 0 radical (unpaired) electrons. The molecule has 1 aliphatic rings. The quantitative estimate of drug-likeness (QED) is 0.661. The summed E-state index contributed by atoms with van der Waals surface area (Å²) in [5.41, 5.74) is 1.90. The van der Waals surface area contributed by atoms with Gasteiger partial charge in [-0.2, -0.15) is 0 Å². The molecular formula is C21H21FN2OS. The van der Waals surface area contributed by atoms with Gasteiger partial charge in [0.2, 0.25) is 5.91 Å². The zero-order valence-electron chi connectivity index (χ0n) is 14.4. The van der Waals surface area contributed by atoms with Gasteiger partial charge in [-0.05, 0) is 31.0 Å². The Kier molecular flexibility index (Phi) is 4.98. The van der Waals surface area contributed by atoms with E-state index in [1.165, 1.54) is 30.7 Å². The maximum absolute atomic E-state index is 14.1. The van der Waals surface area contributed by atoms with Crippen molar-refractivity contribution in [1.82, 2.24) is 10.3 Å². The third kappa shape index (κ3) is 3.63. The van der Waals surface area contributed by atoms with Crippen LogP contribution in [0.1, 0.15) is 31.2 Å². The molecule has 5 heteroatoms. The van der Waals surface area contributed by atoms with Gasteiger partial charge in [-0.1, -0.05) is 54.9 Å². The highest BCUT2D eigenvalue weighted by atomic mass is 32.2. The van der Waals surface area contributed by atoms with Crippen LogP contribution in [-0.4, -0.2) is 16.9 Å². The van der Waals surface area contributed by atoms with Crippen LogP contribution in [0.5, 0.6) is 0 Å². The zero-order valence-corrected chi connectivity index (χ0v) is 15.2. The number of benzene rings is 2. The van der Waals surface area contributed by atoms with Crippen LogP contribution < -0.4 is 5.32 Å². The maximum Gasteiger partial charge on any atom is 0.224 e. The third-order valence-electron chi connectivity index (χ3n) is 4.88. The van der Waals surface area contributed by atoms with Crippen LogP contribution in [0.4, 0.5) is 4.39 Å². The fourth-order valence-corrected chi connectivity index (χ4v) is 4.58. The van der Waals surface area contributed by atoms with Gasteiger partial charge < -0.3 is 10.3 Å². The first-order chi connectivity index (χ1) is 12.7. The van der Waals surface area contributed by atoms with Crippen LogP contribution in [-0.2, 0) is 11.2 Å². The number of amides is 1. The fourth-order valence-electron chi connectivity index (χ4n) is 3.58. The lowest BCUT2D eigenvalue weighted by molar-refractivity contribution is -0.121. The van der Waals surface area contributed by atoms with Crippen LogP contribution in [0.25, 0.3) is 10.9 Å². The molecule has 0 unspecified atom stereocenters. The van der Waals surface area contributed by atoms with E-state index < -0.39 is 0 Å². The normalized spacial score (nSPS) is 14.8. The lowest BCUT2D eigenvalue weighted by Gasteiger charge is -2.12. The van der Waals surface area contributed by atoms with Crippen molar-refractivity contribution in [3.8, 4) is 0 Å². The zero-order chi connectivity index (χ0) is 17.9.